The molecule has 3 amide bonds. The molecule has 0 aromatic heterocycles. The van der Waals surface area contributed by atoms with Crippen molar-refractivity contribution in [1.82, 2.24) is 15.5 Å². The number of rotatable bonds is 6. The number of imide groups is 1. The maximum atomic E-state index is 12.5. The van der Waals surface area contributed by atoms with Crippen molar-refractivity contribution in [1.29, 1.82) is 5.26 Å². The summed E-state index contributed by atoms with van der Waals surface area (Å²) >= 11 is 0.993. The van der Waals surface area contributed by atoms with Gasteiger partial charge in [-0.25, -0.2) is 0 Å². The Balaban J connectivity index is 1.79. The van der Waals surface area contributed by atoms with Gasteiger partial charge in [0.15, 0.2) is 0 Å². The van der Waals surface area contributed by atoms with E-state index in [0.29, 0.717) is 6.54 Å². The van der Waals surface area contributed by atoms with Crippen LogP contribution in [0.5, 0.6) is 0 Å². The Labute approximate surface area is 177 Å². The zero-order valence-corrected chi connectivity index (χ0v) is 17.9. The van der Waals surface area contributed by atoms with Gasteiger partial charge in [0.2, 0.25) is 5.91 Å². The molecule has 1 heterocycles. The van der Waals surface area contributed by atoms with E-state index in [0.717, 1.165) is 37.4 Å². The third-order valence-corrected chi connectivity index (χ3v) is 6.23. The third kappa shape index (κ3) is 8.48. The number of hydrogen-bond donors (Lipinski definition) is 2. The highest BCUT2D eigenvalue weighted by atomic mass is 32.2. The van der Waals surface area contributed by atoms with E-state index in [1.54, 1.807) is 0 Å². The summed E-state index contributed by atoms with van der Waals surface area (Å²) in [7, 11) is 0. The summed E-state index contributed by atoms with van der Waals surface area (Å²) in [5.41, 5.74) is 0.0181. The number of nitrogens with zero attached hydrogens (tertiary/aromatic N) is 2. The van der Waals surface area contributed by atoms with Gasteiger partial charge in [0.1, 0.15) is 11.6 Å². The van der Waals surface area contributed by atoms with Crippen LogP contribution in [0.1, 0.15) is 70.6 Å². The Kier molecular flexibility index (Phi) is 10.6. The van der Waals surface area contributed by atoms with Gasteiger partial charge in [-0.1, -0.05) is 69.5 Å². The summed E-state index contributed by atoms with van der Waals surface area (Å²) in [6.45, 7) is 0.532. The first kappa shape index (κ1) is 23.3. The van der Waals surface area contributed by atoms with Crippen molar-refractivity contribution in [2.75, 3.05) is 18.8 Å². The van der Waals surface area contributed by atoms with Crippen molar-refractivity contribution in [2.45, 2.75) is 76.7 Å². The third-order valence-electron chi connectivity index (χ3n) is 5.37. The molecule has 1 aliphatic carbocycles. The molecule has 2 N–H and O–H groups in total. The number of carbonyl (C=O) groups excluding carboxylic acids is 3. The Bertz CT molecular complexity index is 616. The number of carbonyl (C=O) groups is 3. The first-order valence-corrected chi connectivity index (χ1v) is 11.7. The number of thioether (sulfide) groups is 1. The minimum atomic E-state index is -0.360. The predicted octanol–water partition coefficient (Wildman–Crippen LogP) is 3.47. The molecule has 0 atom stereocenters. The quantitative estimate of drug-likeness (QED) is 0.387. The van der Waals surface area contributed by atoms with E-state index in [-0.39, 0.29) is 41.0 Å². The van der Waals surface area contributed by atoms with Crippen LogP contribution in [0.3, 0.4) is 0 Å². The highest BCUT2D eigenvalue weighted by molar-refractivity contribution is 8.14. The van der Waals surface area contributed by atoms with Crippen molar-refractivity contribution in [3.63, 3.8) is 0 Å². The van der Waals surface area contributed by atoms with Gasteiger partial charge in [0, 0.05) is 25.3 Å². The Morgan fingerprint density at radius 3 is 2.17 bits per heavy atom. The molecule has 2 aliphatic rings. The highest BCUT2D eigenvalue weighted by Crippen LogP contribution is 2.18. The lowest BCUT2D eigenvalue weighted by molar-refractivity contribution is -0.124. The molecule has 7 nitrogen and oxygen atoms in total. The standard InChI is InChI=1S/C21H32N4O3S/c22-14-17(15-23-12-13-25-19(26)16-29-21(25)28)20(27)24-18-10-8-6-4-2-1-3-5-7-9-11-18/h15,18,23H,1-13,16H2,(H,24,27)/b17-15-. The molecule has 29 heavy (non-hydrogen) atoms. The Morgan fingerprint density at radius 1 is 1.07 bits per heavy atom. The Morgan fingerprint density at radius 2 is 1.66 bits per heavy atom. The normalized spacial score (nSPS) is 20.5. The average Bonchev–Trinajstić information content (AvgIpc) is 3.02. The summed E-state index contributed by atoms with van der Waals surface area (Å²) in [6, 6.07) is 2.05. The first-order chi connectivity index (χ1) is 14.1. The molecular formula is C21H32N4O3S. The van der Waals surface area contributed by atoms with E-state index in [1.807, 2.05) is 6.07 Å². The van der Waals surface area contributed by atoms with E-state index in [1.165, 1.54) is 56.0 Å². The van der Waals surface area contributed by atoms with Gasteiger partial charge in [-0.3, -0.25) is 19.3 Å². The first-order valence-electron chi connectivity index (χ1n) is 10.7. The van der Waals surface area contributed by atoms with Crippen molar-refractivity contribution in [2.24, 2.45) is 0 Å². The highest BCUT2D eigenvalue weighted by Gasteiger charge is 2.29. The van der Waals surface area contributed by atoms with Crippen LogP contribution in [-0.2, 0) is 9.59 Å². The van der Waals surface area contributed by atoms with Crippen LogP contribution in [0.15, 0.2) is 11.8 Å². The summed E-state index contributed by atoms with van der Waals surface area (Å²) in [5.74, 6) is -0.380. The van der Waals surface area contributed by atoms with Crippen LogP contribution in [0.2, 0.25) is 0 Å². The largest absolute Gasteiger partial charge is 0.388 e. The van der Waals surface area contributed by atoms with Crippen LogP contribution >= 0.6 is 11.8 Å². The molecular weight excluding hydrogens is 388 g/mol. The second-order valence-corrected chi connectivity index (χ2v) is 8.58. The molecule has 0 aromatic carbocycles. The zero-order chi connectivity index (χ0) is 20.9. The minimum absolute atomic E-state index is 0.0181. The van der Waals surface area contributed by atoms with Gasteiger partial charge >= 0.3 is 0 Å². The second kappa shape index (κ2) is 13.3. The fourth-order valence-corrected chi connectivity index (χ4v) is 4.42. The van der Waals surface area contributed by atoms with Gasteiger partial charge in [0.25, 0.3) is 11.1 Å². The van der Waals surface area contributed by atoms with Gasteiger partial charge in [-0.2, -0.15) is 5.26 Å². The molecule has 8 heteroatoms. The molecule has 0 unspecified atom stereocenters. The van der Waals surface area contributed by atoms with E-state index in [4.69, 9.17) is 0 Å². The van der Waals surface area contributed by atoms with E-state index < -0.39 is 0 Å². The second-order valence-electron chi connectivity index (χ2n) is 7.65. The predicted molar refractivity (Wildman–Crippen MR) is 114 cm³/mol. The lowest BCUT2D eigenvalue weighted by Crippen LogP contribution is -2.37. The molecule has 160 valence electrons. The fourth-order valence-electron chi connectivity index (χ4n) is 3.67. The van der Waals surface area contributed by atoms with Crippen LogP contribution < -0.4 is 10.6 Å². The fraction of sp³-hybridized carbons (Fsp3) is 0.714. The van der Waals surface area contributed by atoms with Crippen molar-refractivity contribution < 1.29 is 14.4 Å². The van der Waals surface area contributed by atoms with Crippen LogP contribution in [0.4, 0.5) is 4.79 Å². The van der Waals surface area contributed by atoms with Gasteiger partial charge in [-0.05, 0) is 12.8 Å². The van der Waals surface area contributed by atoms with E-state index in [9.17, 15) is 19.6 Å². The van der Waals surface area contributed by atoms with Crippen LogP contribution in [0, 0.1) is 11.3 Å². The summed E-state index contributed by atoms with van der Waals surface area (Å²) in [6.07, 6.45) is 14.3. The number of hydrogen-bond acceptors (Lipinski definition) is 6. The minimum Gasteiger partial charge on any atom is -0.388 e. The van der Waals surface area contributed by atoms with Crippen molar-refractivity contribution in [3.05, 3.63) is 11.8 Å². The molecule has 2 fully saturated rings. The van der Waals surface area contributed by atoms with Gasteiger partial charge < -0.3 is 10.6 Å². The smallest absolute Gasteiger partial charge is 0.288 e. The van der Waals surface area contributed by atoms with E-state index in [2.05, 4.69) is 10.6 Å². The molecule has 0 bridgehead atoms. The molecule has 0 spiro atoms. The van der Waals surface area contributed by atoms with E-state index >= 15 is 0 Å². The molecule has 1 saturated carbocycles. The molecule has 1 aliphatic heterocycles. The molecule has 1 saturated heterocycles. The molecule has 0 radical (unpaired) electrons. The lowest BCUT2D eigenvalue weighted by atomic mass is 9.98. The lowest BCUT2D eigenvalue weighted by Gasteiger charge is -2.19. The topological polar surface area (TPSA) is 102 Å². The van der Waals surface area contributed by atoms with Crippen molar-refractivity contribution >= 4 is 28.8 Å². The summed E-state index contributed by atoms with van der Waals surface area (Å²) < 4.78 is 0. The Hall–Kier alpha value is -2.01. The molecule has 0 aromatic rings. The number of nitrogens with one attached hydrogen (secondary N) is 2. The summed E-state index contributed by atoms with van der Waals surface area (Å²) in [4.78, 5) is 36.8. The van der Waals surface area contributed by atoms with Gasteiger partial charge in [0.05, 0.1) is 5.75 Å². The number of amides is 3. The molecule has 2 rings (SSSR count). The average molecular weight is 421 g/mol. The maximum absolute atomic E-state index is 12.5. The zero-order valence-electron chi connectivity index (χ0n) is 17.1. The van der Waals surface area contributed by atoms with Gasteiger partial charge in [-0.15, -0.1) is 0 Å². The van der Waals surface area contributed by atoms with Crippen LogP contribution in [0.25, 0.3) is 0 Å². The monoisotopic (exact) mass is 420 g/mol. The maximum Gasteiger partial charge on any atom is 0.288 e. The summed E-state index contributed by atoms with van der Waals surface area (Å²) in [5, 5.41) is 15.0. The van der Waals surface area contributed by atoms with Crippen molar-refractivity contribution in [3.8, 4) is 6.07 Å². The number of nitriles is 1. The SMILES string of the molecule is N#C/C(=C/NCCN1C(=O)CSC1=O)C(=O)NC1CCCCCCCCCCC1. The van der Waals surface area contributed by atoms with Crippen LogP contribution in [-0.4, -0.2) is 46.8 Å².